The Balaban J connectivity index is 1.66. The molecule has 1 aromatic heterocycles. The summed E-state index contributed by atoms with van der Waals surface area (Å²) in [7, 11) is -1.05. The number of nitrogens with zero attached hydrogens (tertiary/aromatic N) is 1. The molecule has 0 unspecified atom stereocenters. The highest BCUT2D eigenvalue weighted by Crippen LogP contribution is 2.37. The number of aromatic hydroxyl groups is 1. The Kier molecular flexibility index (Phi) is 8.88. The van der Waals surface area contributed by atoms with E-state index in [1.165, 1.54) is 0 Å². The molecular formula is C33H39N2O2S2+. The molecule has 0 bridgehead atoms. The predicted octanol–water partition coefficient (Wildman–Crippen LogP) is 8.18. The maximum atomic E-state index is 10.4. The van der Waals surface area contributed by atoms with Gasteiger partial charge in [0, 0.05) is 30.7 Å². The Hall–Kier alpha value is -3.48. The van der Waals surface area contributed by atoms with Crippen molar-refractivity contribution in [1.29, 1.82) is 0 Å². The number of ether oxygens (including phenoxy) is 1. The standard InChI is InChI=1S/C33H38N2O2S2/c1-8-13-25(10-3)26-14-15-30-27(21-26)34-32(37-30)19-24(9-2)20-33-35(16-12-17-39(6,7)11-4)28-18-23(5)29(36)22-31(28)38-33/h8,10,13-15,18-22,36H,1,3,6-7,9,11-12,16-17H2,2,4-5H3/p+1/b25-13+. The van der Waals surface area contributed by atoms with Gasteiger partial charge in [-0.05, 0) is 59.3 Å². The van der Waals surface area contributed by atoms with Crippen molar-refractivity contribution < 1.29 is 14.4 Å². The van der Waals surface area contributed by atoms with Gasteiger partial charge in [0.1, 0.15) is 10.4 Å². The lowest BCUT2D eigenvalue weighted by molar-refractivity contribution is -0.668. The summed E-state index contributed by atoms with van der Waals surface area (Å²) < 4.78 is 9.59. The number of aromatic nitrogens is 1. The van der Waals surface area contributed by atoms with E-state index in [1.54, 1.807) is 17.4 Å². The molecule has 0 amide bonds. The average Bonchev–Trinajstić information content (AvgIpc) is 3.46. The maximum Gasteiger partial charge on any atom is 0.263 e. The largest absolute Gasteiger partial charge is 0.508 e. The van der Waals surface area contributed by atoms with Crippen molar-refractivity contribution in [2.24, 2.45) is 0 Å². The lowest BCUT2D eigenvalue weighted by Gasteiger charge is -2.09. The van der Waals surface area contributed by atoms with Crippen molar-refractivity contribution in [3.8, 4) is 11.5 Å². The van der Waals surface area contributed by atoms with Crippen molar-refractivity contribution in [3.05, 3.63) is 95.4 Å². The SMILES string of the molecule is C=C/C=C(\C=C)c1ccc2c(c1)N/C(=C/C(=C/c1sc3cc(O)c(C)cc3[n+]1CCCS(=C)(=C)CC)CC)O2. The molecule has 0 aliphatic carbocycles. The Morgan fingerprint density at radius 3 is 2.67 bits per heavy atom. The second-order valence-corrected chi connectivity index (χ2v) is 14.3. The number of hydrogen-bond donors (Lipinski definition) is 2. The summed E-state index contributed by atoms with van der Waals surface area (Å²) in [6.45, 7) is 14.9. The van der Waals surface area contributed by atoms with Crippen LogP contribution in [0, 0.1) is 6.92 Å². The highest BCUT2D eigenvalue weighted by molar-refractivity contribution is 8.27. The number of allylic oxidation sites excluding steroid dienone is 6. The molecule has 0 spiro atoms. The van der Waals surface area contributed by atoms with E-state index >= 15 is 0 Å². The molecule has 1 aliphatic rings. The normalized spacial score (nSPS) is 14.8. The maximum absolute atomic E-state index is 10.4. The van der Waals surface area contributed by atoms with Gasteiger partial charge in [-0.3, -0.25) is 0 Å². The minimum absolute atomic E-state index is 0.331. The molecule has 6 heteroatoms. The van der Waals surface area contributed by atoms with E-state index in [1.807, 2.05) is 37.3 Å². The highest BCUT2D eigenvalue weighted by Gasteiger charge is 2.22. The van der Waals surface area contributed by atoms with Crippen LogP contribution in [0.3, 0.4) is 0 Å². The molecule has 1 aliphatic heterocycles. The first-order valence-corrected chi connectivity index (χ1v) is 16.4. The van der Waals surface area contributed by atoms with Gasteiger partial charge in [0.25, 0.3) is 5.01 Å². The van der Waals surface area contributed by atoms with Crippen LogP contribution in [0.4, 0.5) is 5.69 Å². The summed E-state index contributed by atoms with van der Waals surface area (Å²) in [4.78, 5) is 0. The first-order chi connectivity index (χ1) is 18.7. The van der Waals surface area contributed by atoms with Crippen molar-refractivity contribution in [2.75, 3.05) is 16.8 Å². The van der Waals surface area contributed by atoms with Crippen LogP contribution in [0.2, 0.25) is 0 Å². The molecule has 2 N–H and O–H groups in total. The molecule has 4 nitrogen and oxygen atoms in total. The average molecular weight is 560 g/mol. The molecule has 0 saturated carbocycles. The van der Waals surface area contributed by atoms with Crippen molar-refractivity contribution in [2.45, 2.75) is 40.2 Å². The van der Waals surface area contributed by atoms with Gasteiger partial charge in [-0.1, -0.05) is 74.4 Å². The number of benzene rings is 2. The fraction of sp³-hybridized carbons (Fsp3) is 0.242. The Labute approximate surface area is 237 Å². The zero-order chi connectivity index (χ0) is 28.2. The van der Waals surface area contributed by atoms with Crippen LogP contribution in [-0.4, -0.2) is 28.4 Å². The third kappa shape index (κ3) is 6.57. The summed E-state index contributed by atoms with van der Waals surface area (Å²) in [5.41, 5.74) is 6.16. The van der Waals surface area contributed by atoms with Crippen LogP contribution in [0.15, 0.2) is 79.2 Å². The number of rotatable bonds is 11. The van der Waals surface area contributed by atoms with Gasteiger partial charge in [0.05, 0.1) is 5.69 Å². The van der Waals surface area contributed by atoms with E-state index < -0.39 is 9.21 Å². The van der Waals surface area contributed by atoms with E-state index in [9.17, 15) is 5.11 Å². The first kappa shape index (κ1) is 28.5. The molecule has 4 rings (SSSR count). The Morgan fingerprint density at radius 1 is 1.18 bits per heavy atom. The zero-order valence-electron chi connectivity index (χ0n) is 23.3. The lowest BCUT2D eigenvalue weighted by atomic mass is 10.0. The van der Waals surface area contributed by atoms with Crippen LogP contribution < -0.4 is 14.6 Å². The molecule has 2 heterocycles. The minimum atomic E-state index is -1.05. The van der Waals surface area contributed by atoms with E-state index in [0.717, 1.165) is 79.8 Å². The van der Waals surface area contributed by atoms with Crippen LogP contribution in [0.25, 0.3) is 21.9 Å². The zero-order valence-corrected chi connectivity index (χ0v) is 24.9. The second-order valence-electron chi connectivity index (χ2n) is 9.85. The van der Waals surface area contributed by atoms with Crippen molar-refractivity contribution >= 4 is 59.8 Å². The summed E-state index contributed by atoms with van der Waals surface area (Å²) in [6.07, 6.45) is 11.7. The number of aryl methyl sites for hydroxylation is 2. The summed E-state index contributed by atoms with van der Waals surface area (Å²) >= 11 is 1.70. The minimum Gasteiger partial charge on any atom is -0.508 e. The molecule has 2 aromatic carbocycles. The van der Waals surface area contributed by atoms with Crippen LogP contribution in [0.1, 0.15) is 42.8 Å². The number of hydrogen-bond acceptors (Lipinski definition) is 4. The molecule has 0 fully saturated rings. The van der Waals surface area contributed by atoms with Gasteiger partial charge in [0.2, 0.25) is 5.52 Å². The van der Waals surface area contributed by atoms with Crippen molar-refractivity contribution in [1.82, 2.24) is 0 Å². The molecule has 39 heavy (non-hydrogen) atoms. The van der Waals surface area contributed by atoms with E-state index in [4.69, 9.17) is 4.74 Å². The van der Waals surface area contributed by atoms with Gasteiger partial charge in [-0.2, -0.15) is 4.57 Å². The fourth-order valence-electron chi connectivity index (χ4n) is 4.47. The predicted molar refractivity (Wildman–Crippen MR) is 176 cm³/mol. The smallest absolute Gasteiger partial charge is 0.263 e. The Morgan fingerprint density at radius 2 is 1.97 bits per heavy atom. The molecular weight excluding hydrogens is 521 g/mol. The number of fused-ring (bicyclic) bond motifs is 2. The molecule has 0 saturated heterocycles. The van der Waals surface area contributed by atoms with E-state index in [-0.39, 0.29) is 0 Å². The van der Waals surface area contributed by atoms with Crippen LogP contribution >= 0.6 is 20.5 Å². The summed E-state index contributed by atoms with van der Waals surface area (Å²) in [5, 5.41) is 14.9. The summed E-state index contributed by atoms with van der Waals surface area (Å²) in [6, 6.07) is 10.0. The monoisotopic (exact) mass is 559 g/mol. The summed E-state index contributed by atoms with van der Waals surface area (Å²) in [5.74, 6) is 12.6. The van der Waals surface area contributed by atoms with Crippen LogP contribution in [0.5, 0.6) is 11.5 Å². The van der Waals surface area contributed by atoms with Gasteiger partial charge >= 0.3 is 0 Å². The quantitative estimate of drug-likeness (QED) is 0.141. The molecule has 0 atom stereocenters. The topological polar surface area (TPSA) is 45.4 Å². The lowest BCUT2D eigenvalue weighted by Crippen LogP contribution is -2.35. The van der Waals surface area contributed by atoms with Gasteiger partial charge in [-0.25, -0.2) is 9.21 Å². The fourth-order valence-corrected chi connectivity index (χ4v) is 6.68. The number of phenols is 1. The number of thiazole rings is 1. The molecule has 3 aromatic rings. The number of nitrogens with one attached hydrogen (secondary N) is 1. The van der Waals surface area contributed by atoms with Gasteiger partial charge in [0.15, 0.2) is 18.2 Å². The third-order valence-electron chi connectivity index (χ3n) is 6.96. The highest BCUT2D eigenvalue weighted by atomic mass is 32.2. The molecule has 204 valence electrons. The number of phenolic OH excluding ortho intramolecular Hbond substituents is 1. The third-order valence-corrected chi connectivity index (χ3v) is 10.4. The van der Waals surface area contributed by atoms with Crippen LogP contribution in [-0.2, 0) is 6.54 Å². The van der Waals surface area contributed by atoms with Gasteiger partial charge in [-0.15, -0.1) is 0 Å². The van der Waals surface area contributed by atoms with Gasteiger partial charge < -0.3 is 15.2 Å². The first-order valence-electron chi connectivity index (χ1n) is 13.3. The molecule has 0 radical (unpaired) electrons. The second kappa shape index (κ2) is 12.1. The Bertz CT molecular complexity index is 1620. The number of anilines is 1. The van der Waals surface area contributed by atoms with E-state index in [2.05, 4.69) is 72.9 Å². The van der Waals surface area contributed by atoms with E-state index in [0.29, 0.717) is 11.6 Å². The van der Waals surface area contributed by atoms with Crippen molar-refractivity contribution in [3.63, 3.8) is 0 Å².